The van der Waals surface area contributed by atoms with E-state index >= 15 is 0 Å². The summed E-state index contributed by atoms with van der Waals surface area (Å²) in [5.41, 5.74) is 6.22. The molecule has 18 nitrogen and oxygen atoms in total. The van der Waals surface area contributed by atoms with E-state index in [2.05, 4.69) is 21.3 Å². The largest absolute Gasteiger partial charge is 0.483 e. The van der Waals surface area contributed by atoms with Crippen LogP contribution in [0.3, 0.4) is 0 Å². The number of ketones is 1. The van der Waals surface area contributed by atoms with Gasteiger partial charge in [0.15, 0.2) is 23.8 Å². The first-order valence-electron chi connectivity index (χ1n) is 18.9. The zero-order chi connectivity index (χ0) is 41.6. The number of carbonyl (C=O) groups excluding carboxylic acids is 6. The number of Topliss-reactive ketones (excluding diaryl/α,β-unsaturated/α-hetero) is 1. The van der Waals surface area contributed by atoms with Crippen LogP contribution < -0.4 is 42.3 Å². The molecule has 0 unspecified atom stereocenters. The van der Waals surface area contributed by atoms with Crippen LogP contribution in [-0.2, 0) is 44.8 Å². The number of hydrazine groups is 1. The van der Waals surface area contributed by atoms with Crippen molar-refractivity contribution in [2.45, 2.75) is 78.6 Å². The van der Waals surface area contributed by atoms with Crippen molar-refractivity contribution in [3.05, 3.63) is 35.7 Å². The summed E-state index contributed by atoms with van der Waals surface area (Å²) in [6.07, 6.45) is 2.20. The highest BCUT2D eigenvalue weighted by Gasteiger charge is 2.50. The fraction of sp³-hybridized carbons (Fsp3) is 0.632. The fourth-order valence-corrected chi connectivity index (χ4v) is 6.30. The molecule has 0 aliphatic carbocycles. The Bertz CT molecular complexity index is 1590. The van der Waals surface area contributed by atoms with Gasteiger partial charge in [0.2, 0.25) is 17.7 Å². The second-order valence-electron chi connectivity index (χ2n) is 15.6. The number of nitrogens with two attached hydrogens (primary N) is 2. The van der Waals surface area contributed by atoms with Crippen LogP contribution in [0.4, 0.5) is 0 Å². The maximum Gasteiger partial charge on any atom is 0.308 e. The van der Waals surface area contributed by atoms with E-state index < -0.39 is 41.4 Å². The monoisotopic (exact) mass is 789 g/mol. The molecular formula is C38H61N8O10+. The predicted molar refractivity (Wildman–Crippen MR) is 205 cm³/mol. The molecule has 3 atom stereocenters. The molecule has 0 radical (unpaired) electrons. The van der Waals surface area contributed by atoms with Crippen LogP contribution >= 0.6 is 0 Å². The van der Waals surface area contributed by atoms with Crippen molar-refractivity contribution in [2.24, 2.45) is 23.4 Å². The number of morpholine rings is 1. The Morgan fingerprint density at radius 3 is 2.09 bits per heavy atom. The third-order valence-electron chi connectivity index (χ3n) is 9.13. The third-order valence-corrected chi connectivity index (χ3v) is 9.13. The highest BCUT2D eigenvalue weighted by molar-refractivity contribution is 5.97. The quantitative estimate of drug-likeness (QED) is 0.0219. The molecule has 1 aromatic carbocycles. The standard InChI is InChI=1S/C38H60N8O10/c1-24(2)14-29(36(51)38(6)23-55-38)43-34(49)18-42-37(52)30(15-25(3)4)44-33(48)17-41-35(50)21-46(10-12-53-13-11-46)20-27-8-9-31(56-26(5)47)32(16-27)54-22-28(39)19-45(7)40/h8-9,16,19,24-25,29-30H,10-15,17-18,20-23,39-40H2,1-7H3,(H3-,41,42,43,44,48,49,50,52)/p+1/b28-19-/t29-,30-,38+/m0/s1. The number of benzene rings is 1. The number of esters is 1. The summed E-state index contributed by atoms with van der Waals surface area (Å²) in [6.45, 7) is 12.5. The van der Waals surface area contributed by atoms with E-state index in [1.54, 1.807) is 32.2 Å². The average molecular weight is 790 g/mol. The highest BCUT2D eigenvalue weighted by atomic mass is 16.6. The van der Waals surface area contributed by atoms with Gasteiger partial charge in [-0.25, -0.2) is 5.84 Å². The molecule has 0 bridgehead atoms. The molecule has 3 rings (SSSR count). The maximum absolute atomic E-state index is 13.3. The van der Waals surface area contributed by atoms with Crippen molar-refractivity contribution < 1.29 is 52.2 Å². The van der Waals surface area contributed by atoms with Crippen molar-refractivity contribution in [1.29, 1.82) is 0 Å². The lowest BCUT2D eigenvalue weighted by molar-refractivity contribution is -0.940. The highest BCUT2D eigenvalue weighted by Crippen LogP contribution is 2.31. The number of amides is 4. The number of epoxide rings is 1. The van der Waals surface area contributed by atoms with E-state index in [0.717, 1.165) is 5.56 Å². The lowest BCUT2D eigenvalue weighted by Crippen LogP contribution is -2.59. The van der Waals surface area contributed by atoms with Crippen molar-refractivity contribution in [3.63, 3.8) is 0 Å². The molecule has 0 spiro atoms. The summed E-state index contributed by atoms with van der Waals surface area (Å²) in [5.74, 6) is 3.49. The van der Waals surface area contributed by atoms with Crippen LogP contribution in [0.2, 0.25) is 0 Å². The molecule has 2 aliphatic rings. The Morgan fingerprint density at radius 1 is 0.929 bits per heavy atom. The fourth-order valence-electron chi connectivity index (χ4n) is 6.30. The maximum atomic E-state index is 13.3. The molecule has 312 valence electrons. The minimum absolute atomic E-state index is 0.0166. The lowest BCUT2D eigenvalue weighted by Gasteiger charge is -2.40. The predicted octanol–water partition coefficient (Wildman–Crippen LogP) is -0.404. The molecule has 18 heteroatoms. The van der Waals surface area contributed by atoms with E-state index in [0.29, 0.717) is 56.1 Å². The molecule has 1 aromatic rings. The number of nitrogens with zero attached hydrogens (tertiary/aromatic N) is 2. The zero-order valence-corrected chi connectivity index (χ0v) is 33.7. The summed E-state index contributed by atoms with van der Waals surface area (Å²) in [7, 11) is 1.61. The Hall–Kier alpha value is -4.78. The molecule has 2 saturated heterocycles. The number of nitrogens with one attached hydrogen (secondary N) is 4. The Labute approximate surface area is 328 Å². The molecule has 2 heterocycles. The third kappa shape index (κ3) is 15.4. The SMILES string of the molecule is CC(=O)Oc1ccc(C[N+]2(CC(=O)NCC(=O)N[C@@H](CC(C)C)C(=O)NCC(=O)N[C@@H](CC(C)C)C(=O)[C@@]3(C)CO3)CCOCC2)cc1OC/C(N)=C/N(C)N. The molecule has 2 aliphatic heterocycles. The van der Waals surface area contributed by atoms with Crippen LogP contribution in [0.5, 0.6) is 11.5 Å². The second-order valence-corrected chi connectivity index (χ2v) is 15.6. The van der Waals surface area contributed by atoms with Gasteiger partial charge in [-0.2, -0.15) is 0 Å². The van der Waals surface area contributed by atoms with Gasteiger partial charge < -0.3 is 55.4 Å². The molecule has 56 heavy (non-hydrogen) atoms. The van der Waals surface area contributed by atoms with E-state index in [1.807, 2.05) is 27.7 Å². The first kappa shape index (κ1) is 45.6. The van der Waals surface area contributed by atoms with Gasteiger partial charge in [0, 0.05) is 25.7 Å². The lowest BCUT2D eigenvalue weighted by atomic mass is 9.93. The van der Waals surface area contributed by atoms with E-state index in [-0.39, 0.29) is 67.7 Å². The first-order valence-corrected chi connectivity index (χ1v) is 18.9. The summed E-state index contributed by atoms with van der Waals surface area (Å²) in [4.78, 5) is 77.0. The summed E-state index contributed by atoms with van der Waals surface area (Å²) in [5, 5.41) is 11.9. The number of rotatable bonds is 22. The number of hydrogen-bond donors (Lipinski definition) is 6. The van der Waals surface area contributed by atoms with Crippen molar-refractivity contribution in [1.82, 2.24) is 26.3 Å². The molecule has 0 aromatic heterocycles. The Morgan fingerprint density at radius 2 is 1.52 bits per heavy atom. The Balaban J connectivity index is 1.60. The van der Waals surface area contributed by atoms with E-state index in [4.69, 9.17) is 30.5 Å². The smallest absolute Gasteiger partial charge is 0.308 e. The minimum atomic E-state index is -0.967. The van der Waals surface area contributed by atoms with E-state index in [9.17, 15) is 28.8 Å². The zero-order valence-electron chi connectivity index (χ0n) is 33.7. The van der Waals surface area contributed by atoms with Gasteiger partial charge in [-0.3, -0.25) is 28.8 Å². The van der Waals surface area contributed by atoms with Crippen molar-refractivity contribution in [3.8, 4) is 11.5 Å². The van der Waals surface area contributed by atoms with Crippen molar-refractivity contribution in [2.75, 3.05) is 66.2 Å². The molecule has 2 fully saturated rings. The summed E-state index contributed by atoms with van der Waals surface area (Å²) in [6, 6.07) is 3.42. The van der Waals surface area contributed by atoms with E-state index in [1.165, 1.54) is 18.1 Å². The minimum Gasteiger partial charge on any atom is -0.483 e. The Kier molecular flexibility index (Phi) is 17.1. The van der Waals surface area contributed by atoms with Gasteiger partial charge in [0.05, 0.1) is 44.6 Å². The first-order chi connectivity index (χ1) is 26.3. The van der Waals surface area contributed by atoms with Gasteiger partial charge in [0.1, 0.15) is 37.9 Å². The average Bonchev–Trinajstić information content (AvgIpc) is 3.86. The molecular weight excluding hydrogens is 728 g/mol. The number of quaternary nitrogens is 1. The van der Waals surface area contributed by atoms with Gasteiger partial charge in [-0.1, -0.05) is 27.7 Å². The summed E-state index contributed by atoms with van der Waals surface area (Å²) >= 11 is 0. The van der Waals surface area contributed by atoms with Crippen LogP contribution in [0.15, 0.2) is 30.1 Å². The normalized spacial score (nSPS) is 18.6. The summed E-state index contributed by atoms with van der Waals surface area (Å²) < 4.78 is 22.4. The molecule has 4 amide bonds. The van der Waals surface area contributed by atoms with Crippen LogP contribution in [-0.4, -0.2) is 129 Å². The van der Waals surface area contributed by atoms with Crippen LogP contribution in [0.25, 0.3) is 0 Å². The van der Waals surface area contributed by atoms with Crippen LogP contribution in [0.1, 0.15) is 59.9 Å². The topological polar surface area (TPSA) is 246 Å². The number of carbonyl (C=O) groups is 6. The van der Waals surface area contributed by atoms with Gasteiger partial charge >= 0.3 is 5.97 Å². The second kappa shape index (κ2) is 20.9. The van der Waals surface area contributed by atoms with Gasteiger partial charge in [0.25, 0.3) is 5.91 Å². The van der Waals surface area contributed by atoms with Crippen molar-refractivity contribution >= 4 is 35.4 Å². The van der Waals surface area contributed by atoms with Gasteiger partial charge in [-0.05, 0) is 49.8 Å². The number of ether oxygens (including phenoxy) is 4. The number of hydrogen-bond acceptors (Lipinski definition) is 13. The molecule has 0 saturated carbocycles. The van der Waals surface area contributed by atoms with Crippen LogP contribution in [0, 0.1) is 11.8 Å². The molecule has 8 N–H and O–H groups in total. The van der Waals surface area contributed by atoms with Gasteiger partial charge in [-0.15, -0.1) is 0 Å².